The van der Waals surface area contributed by atoms with Crippen LogP contribution in [0, 0.1) is 5.82 Å². The summed E-state index contributed by atoms with van der Waals surface area (Å²) in [6, 6.07) is 7.44. The van der Waals surface area contributed by atoms with Crippen LogP contribution in [0.1, 0.15) is 28.9 Å². The van der Waals surface area contributed by atoms with Crippen LogP contribution < -0.4 is 5.32 Å². The number of ketones is 1. The Morgan fingerprint density at radius 1 is 1.43 bits per heavy atom. The molecule has 1 aromatic carbocycles. The lowest BCUT2D eigenvalue weighted by atomic mass is 10.1. The average molecular weight is 309 g/mol. The molecule has 2 aromatic rings. The van der Waals surface area contributed by atoms with E-state index in [1.807, 2.05) is 0 Å². The number of carbonyl (C=O) groups excluding carboxylic acids is 1. The van der Waals surface area contributed by atoms with Crippen molar-refractivity contribution in [2.75, 3.05) is 11.9 Å². The molecule has 1 heterocycles. The fourth-order valence-corrected chi connectivity index (χ4v) is 1.86. The summed E-state index contributed by atoms with van der Waals surface area (Å²) < 4.78 is 13.3. The summed E-state index contributed by atoms with van der Waals surface area (Å²) in [4.78, 5) is 15.2. The molecule has 0 saturated heterocycles. The SMILES string of the molecule is CC(=O)c1ccc(NCC(O)c2ccc(Cl)c(F)c2)nc1. The summed E-state index contributed by atoms with van der Waals surface area (Å²) in [5, 5.41) is 12.9. The second-order valence-electron chi connectivity index (χ2n) is 4.56. The number of Topliss-reactive ketones (excluding diaryl/α,β-unsaturated/α-hetero) is 1. The van der Waals surface area contributed by atoms with Crippen LogP contribution >= 0.6 is 11.6 Å². The standard InChI is InChI=1S/C15H14ClFN2O2/c1-9(20)11-3-5-15(18-7-11)19-8-14(21)10-2-4-12(16)13(17)6-10/h2-7,14,21H,8H2,1H3,(H,18,19). The van der Waals surface area contributed by atoms with Gasteiger partial charge in [0.2, 0.25) is 0 Å². The van der Waals surface area contributed by atoms with E-state index in [1.165, 1.54) is 25.3 Å². The van der Waals surface area contributed by atoms with Gasteiger partial charge in [0, 0.05) is 18.3 Å². The third-order valence-electron chi connectivity index (χ3n) is 2.97. The monoisotopic (exact) mass is 308 g/mol. The molecule has 2 rings (SSSR count). The molecule has 0 spiro atoms. The van der Waals surface area contributed by atoms with E-state index in [0.717, 1.165) is 0 Å². The summed E-state index contributed by atoms with van der Waals surface area (Å²) in [6.45, 7) is 1.62. The largest absolute Gasteiger partial charge is 0.387 e. The van der Waals surface area contributed by atoms with E-state index in [1.54, 1.807) is 18.2 Å². The van der Waals surface area contributed by atoms with Crippen LogP contribution in [-0.2, 0) is 0 Å². The summed E-state index contributed by atoms with van der Waals surface area (Å²) >= 11 is 5.59. The van der Waals surface area contributed by atoms with Gasteiger partial charge >= 0.3 is 0 Å². The quantitative estimate of drug-likeness (QED) is 0.833. The van der Waals surface area contributed by atoms with E-state index in [4.69, 9.17) is 11.6 Å². The van der Waals surface area contributed by atoms with Crippen molar-refractivity contribution in [1.29, 1.82) is 0 Å². The van der Waals surface area contributed by atoms with Gasteiger partial charge in [-0.25, -0.2) is 9.37 Å². The number of aliphatic hydroxyl groups excluding tert-OH is 1. The van der Waals surface area contributed by atoms with Gasteiger partial charge in [0.1, 0.15) is 11.6 Å². The van der Waals surface area contributed by atoms with E-state index in [0.29, 0.717) is 16.9 Å². The fourth-order valence-electron chi connectivity index (χ4n) is 1.75. The molecule has 0 aliphatic heterocycles. The minimum atomic E-state index is -0.897. The van der Waals surface area contributed by atoms with E-state index in [-0.39, 0.29) is 17.4 Å². The molecular formula is C15H14ClFN2O2. The number of anilines is 1. The zero-order valence-corrected chi connectivity index (χ0v) is 12.1. The molecule has 0 saturated carbocycles. The highest BCUT2D eigenvalue weighted by atomic mass is 35.5. The Balaban J connectivity index is 1.98. The number of rotatable bonds is 5. The van der Waals surface area contributed by atoms with Gasteiger partial charge in [-0.05, 0) is 36.8 Å². The van der Waals surface area contributed by atoms with Crippen molar-refractivity contribution >= 4 is 23.2 Å². The van der Waals surface area contributed by atoms with Gasteiger partial charge in [-0.1, -0.05) is 17.7 Å². The van der Waals surface area contributed by atoms with Crippen molar-refractivity contribution in [3.8, 4) is 0 Å². The molecule has 0 radical (unpaired) electrons. The molecule has 4 nitrogen and oxygen atoms in total. The zero-order chi connectivity index (χ0) is 15.4. The molecule has 1 aromatic heterocycles. The molecule has 0 aliphatic rings. The first-order valence-electron chi connectivity index (χ1n) is 6.31. The van der Waals surface area contributed by atoms with Gasteiger partial charge in [-0.2, -0.15) is 0 Å². The van der Waals surface area contributed by atoms with Crippen LogP contribution in [0.25, 0.3) is 0 Å². The molecule has 6 heteroatoms. The van der Waals surface area contributed by atoms with E-state index in [9.17, 15) is 14.3 Å². The highest BCUT2D eigenvalue weighted by Gasteiger charge is 2.10. The topological polar surface area (TPSA) is 62.2 Å². The molecule has 0 amide bonds. The van der Waals surface area contributed by atoms with Crippen molar-refractivity contribution in [3.05, 3.63) is 58.5 Å². The predicted octanol–water partition coefficient (Wildman–Crippen LogP) is 3.22. The number of benzene rings is 1. The zero-order valence-electron chi connectivity index (χ0n) is 11.3. The molecule has 0 fully saturated rings. The Bertz CT molecular complexity index is 647. The number of hydrogen-bond donors (Lipinski definition) is 2. The number of nitrogens with one attached hydrogen (secondary N) is 1. The minimum absolute atomic E-state index is 0.0143. The molecule has 2 N–H and O–H groups in total. The second kappa shape index (κ2) is 6.65. The number of nitrogens with zero attached hydrogens (tertiary/aromatic N) is 1. The van der Waals surface area contributed by atoms with Gasteiger partial charge in [-0.15, -0.1) is 0 Å². The van der Waals surface area contributed by atoms with Crippen LogP contribution in [0.4, 0.5) is 10.2 Å². The van der Waals surface area contributed by atoms with Crippen molar-refractivity contribution in [2.24, 2.45) is 0 Å². The van der Waals surface area contributed by atoms with Crippen molar-refractivity contribution in [2.45, 2.75) is 13.0 Å². The normalized spacial score (nSPS) is 12.0. The number of pyridine rings is 1. The number of carbonyl (C=O) groups is 1. The van der Waals surface area contributed by atoms with E-state index >= 15 is 0 Å². The fraction of sp³-hybridized carbons (Fsp3) is 0.200. The molecular weight excluding hydrogens is 295 g/mol. The minimum Gasteiger partial charge on any atom is -0.387 e. The van der Waals surface area contributed by atoms with Crippen molar-refractivity contribution in [1.82, 2.24) is 4.98 Å². The molecule has 110 valence electrons. The maximum Gasteiger partial charge on any atom is 0.161 e. The summed E-state index contributed by atoms with van der Waals surface area (Å²) in [5.41, 5.74) is 0.936. The van der Waals surface area contributed by atoms with Crippen molar-refractivity contribution in [3.63, 3.8) is 0 Å². The number of halogens is 2. The van der Waals surface area contributed by atoms with Gasteiger partial charge in [0.25, 0.3) is 0 Å². The summed E-state index contributed by atoms with van der Waals surface area (Å²) in [6.07, 6.45) is 0.560. The number of aromatic nitrogens is 1. The summed E-state index contributed by atoms with van der Waals surface area (Å²) in [5.74, 6) is -0.114. The van der Waals surface area contributed by atoms with Crippen LogP contribution in [0.15, 0.2) is 36.5 Å². The Hall–Kier alpha value is -1.98. The third-order valence-corrected chi connectivity index (χ3v) is 3.28. The number of hydrogen-bond acceptors (Lipinski definition) is 4. The smallest absolute Gasteiger partial charge is 0.161 e. The second-order valence-corrected chi connectivity index (χ2v) is 4.97. The Labute approximate surface area is 126 Å². The van der Waals surface area contributed by atoms with E-state index in [2.05, 4.69) is 10.3 Å². The molecule has 1 atom stereocenters. The highest BCUT2D eigenvalue weighted by molar-refractivity contribution is 6.30. The molecule has 1 unspecified atom stereocenters. The maximum atomic E-state index is 13.3. The first kappa shape index (κ1) is 15.4. The first-order valence-corrected chi connectivity index (χ1v) is 6.69. The Morgan fingerprint density at radius 3 is 2.76 bits per heavy atom. The molecule has 0 bridgehead atoms. The molecule has 21 heavy (non-hydrogen) atoms. The third kappa shape index (κ3) is 4.00. The Kier molecular flexibility index (Phi) is 4.88. The first-order chi connectivity index (χ1) is 9.97. The van der Waals surface area contributed by atoms with Crippen LogP contribution in [0.3, 0.4) is 0 Å². The van der Waals surface area contributed by atoms with Gasteiger partial charge in [0.05, 0.1) is 11.1 Å². The van der Waals surface area contributed by atoms with Gasteiger partial charge < -0.3 is 10.4 Å². The van der Waals surface area contributed by atoms with Crippen LogP contribution in [-0.4, -0.2) is 22.4 Å². The average Bonchev–Trinajstić information content (AvgIpc) is 2.48. The lowest BCUT2D eigenvalue weighted by Crippen LogP contribution is -2.13. The Morgan fingerprint density at radius 2 is 2.19 bits per heavy atom. The van der Waals surface area contributed by atoms with Crippen LogP contribution in [0.5, 0.6) is 0 Å². The van der Waals surface area contributed by atoms with Gasteiger partial charge in [0.15, 0.2) is 5.78 Å². The summed E-state index contributed by atoms with van der Waals surface area (Å²) in [7, 11) is 0. The lowest BCUT2D eigenvalue weighted by Gasteiger charge is -2.13. The maximum absolute atomic E-state index is 13.3. The van der Waals surface area contributed by atoms with E-state index < -0.39 is 11.9 Å². The molecule has 0 aliphatic carbocycles. The van der Waals surface area contributed by atoms with Gasteiger partial charge in [-0.3, -0.25) is 4.79 Å². The van der Waals surface area contributed by atoms with Crippen molar-refractivity contribution < 1.29 is 14.3 Å². The van der Waals surface area contributed by atoms with Crippen LogP contribution in [0.2, 0.25) is 5.02 Å². The highest BCUT2D eigenvalue weighted by Crippen LogP contribution is 2.20. The lowest BCUT2D eigenvalue weighted by molar-refractivity contribution is 0.101. The number of aliphatic hydroxyl groups is 1. The predicted molar refractivity (Wildman–Crippen MR) is 79.1 cm³/mol.